The highest BCUT2D eigenvalue weighted by atomic mass is 32.1. The van der Waals surface area contributed by atoms with Crippen molar-refractivity contribution >= 4 is 11.3 Å². The lowest BCUT2D eigenvalue weighted by Crippen LogP contribution is -2.24. The van der Waals surface area contributed by atoms with E-state index in [2.05, 4.69) is 29.5 Å². The molecule has 0 radical (unpaired) electrons. The van der Waals surface area contributed by atoms with E-state index in [-0.39, 0.29) is 0 Å². The fourth-order valence-corrected chi connectivity index (χ4v) is 1.61. The van der Waals surface area contributed by atoms with E-state index in [1.54, 1.807) is 11.3 Å². The van der Waals surface area contributed by atoms with Gasteiger partial charge >= 0.3 is 0 Å². The summed E-state index contributed by atoms with van der Waals surface area (Å²) in [6.45, 7) is 7.32. The predicted octanol–water partition coefficient (Wildman–Crippen LogP) is 2.34. The topological polar surface area (TPSA) is 24.9 Å². The average molecular weight is 184 g/mol. The van der Waals surface area contributed by atoms with E-state index in [1.165, 1.54) is 11.4 Å². The van der Waals surface area contributed by atoms with Crippen LogP contribution in [0.5, 0.6) is 0 Å². The van der Waals surface area contributed by atoms with E-state index >= 15 is 0 Å². The molecule has 0 aromatic carbocycles. The largest absolute Gasteiger partial charge is 0.308 e. The van der Waals surface area contributed by atoms with Crippen LogP contribution in [0.4, 0.5) is 0 Å². The SMILES string of the molecule is CCC(C)NCc1nc(C)cs1. The zero-order valence-electron chi connectivity index (χ0n) is 7.92. The summed E-state index contributed by atoms with van der Waals surface area (Å²) in [5.74, 6) is 0. The van der Waals surface area contributed by atoms with Gasteiger partial charge in [0.15, 0.2) is 0 Å². The van der Waals surface area contributed by atoms with E-state index in [9.17, 15) is 0 Å². The molecular formula is C9H16N2S. The van der Waals surface area contributed by atoms with Crippen molar-refractivity contribution in [2.24, 2.45) is 0 Å². The summed E-state index contributed by atoms with van der Waals surface area (Å²) in [7, 11) is 0. The third-order valence-electron chi connectivity index (χ3n) is 1.88. The molecule has 0 fully saturated rings. The standard InChI is InChI=1S/C9H16N2S/c1-4-7(2)10-5-9-11-8(3)6-12-9/h6-7,10H,4-5H2,1-3H3. The number of aromatic nitrogens is 1. The van der Waals surface area contributed by atoms with Crippen molar-refractivity contribution in [1.29, 1.82) is 0 Å². The summed E-state index contributed by atoms with van der Waals surface area (Å²) in [5, 5.41) is 6.69. The number of nitrogens with zero attached hydrogens (tertiary/aromatic N) is 1. The van der Waals surface area contributed by atoms with Crippen molar-refractivity contribution in [2.45, 2.75) is 39.8 Å². The summed E-state index contributed by atoms with van der Waals surface area (Å²) < 4.78 is 0. The Balaban J connectivity index is 2.33. The van der Waals surface area contributed by atoms with Crippen LogP contribution in [-0.4, -0.2) is 11.0 Å². The molecule has 1 atom stereocenters. The van der Waals surface area contributed by atoms with E-state index in [0.29, 0.717) is 6.04 Å². The van der Waals surface area contributed by atoms with Crippen LogP contribution < -0.4 is 5.32 Å². The molecule has 0 bridgehead atoms. The summed E-state index contributed by atoms with van der Waals surface area (Å²) >= 11 is 1.73. The maximum Gasteiger partial charge on any atom is 0.107 e. The van der Waals surface area contributed by atoms with Crippen molar-refractivity contribution in [3.63, 3.8) is 0 Å². The van der Waals surface area contributed by atoms with E-state index in [4.69, 9.17) is 0 Å². The van der Waals surface area contributed by atoms with Crippen molar-refractivity contribution in [1.82, 2.24) is 10.3 Å². The minimum absolute atomic E-state index is 0.592. The highest BCUT2D eigenvalue weighted by Gasteiger charge is 2.00. The predicted molar refractivity (Wildman–Crippen MR) is 53.4 cm³/mol. The molecule has 2 nitrogen and oxygen atoms in total. The summed E-state index contributed by atoms with van der Waals surface area (Å²) in [6, 6.07) is 0.592. The fourth-order valence-electron chi connectivity index (χ4n) is 0.890. The van der Waals surface area contributed by atoms with Gasteiger partial charge in [-0.25, -0.2) is 4.98 Å². The van der Waals surface area contributed by atoms with Crippen molar-refractivity contribution in [3.05, 3.63) is 16.1 Å². The van der Waals surface area contributed by atoms with Crippen LogP contribution in [0.1, 0.15) is 31.0 Å². The molecule has 1 aromatic heterocycles. The van der Waals surface area contributed by atoms with Crippen LogP contribution >= 0.6 is 11.3 Å². The van der Waals surface area contributed by atoms with Crippen LogP contribution in [0.25, 0.3) is 0 Å². The second-order valence-corrected chi connectivity index (χ2v) is 4.02. The second-order valence-electron chi connectivity index (χ2n) is 3.07. The molecule has 0 amide bonds. The Morgan fingerprint density at radius 1 is 1.67 bits per heavy atom. The van der Waals surface area contributed by atoms with Gasteiger partial charge in [0, 0.05) is 23.7 Å². The van der Waals surface area contributed by atoms with Gasteiger partial charge < -0.3 is 5.32 Å². The summed E-state index contributed by atoms with van der Waals surface area (Å²) in [5.41, 5.74) is 1.13. The smallest absolute Gasteiger partial charge is 0.107 e. The maximum atomic E-state index is 4.37. The minimum Gasteiger partial charge on any atom is -0.308 e. The Hall–Kier alpha value is -0.410. The molecule has 12 heavy (non-hydrogen) atoms. The van der Waals surface area contributed by atoms with Crippen LogP contribution in [0.2, 0.25) is 0 Å². The van der Waals surface area contributed by atoms with Crippen molar-refractivity contribution < 1.29 is 0 Å². The highest BCUT2D eigenvalue weighted by Crippen LogP contribution is 2.08. The first-order chi connectivity index (χ1) is 5.72. The summed E-state index contributed by atoms with van der Waals surface area (Å²) in [6.07, 6.45) is 1.17. The first kappa shape index (κ1) is 9.68. The molecule has 1 heterocycles. The van der Waals surface area contributed by atoms with Gasteiger partial charge in [-0.05, 0) is 20.3 Å². The normalized spacial score (nSPS) is 13.2. The van der Waals surface area contributed by atoms with E-state index in [0.717, 1.165) is 12.2 Å². The Morgan fingerprint density at radius 2 is 2.42 bits per heavy atom. The Kier molecular flexibility index (Phi) is 3.69. The monoisotopic (exact) mass is 184 g/mol. The molecule has 0 aliphatic heterocycles. The molecule has 0 spiro atoms. The molecule has 1 aromatic rings. The molecule has 0 aliphatic rings. The quantitative estimate of drug-likeness (QED) is 0.777. The molecule has 0 saturated carbocycles. The average Bonchev–Trinajstić information content (AvgIpc) is 2.47. The Morgan fingerprint density at radius 3 is 2.92 bits per heavy atom. The summed E-state index contributed by atoms with van der Waals surface area (Å²) in [4.78, 5) is 4.37. The first-order valence-electron chi connectivity index (χ1n) is 4.36. The van der Waals surface area contributed by atoms with Crippen LogP contribution in [0.3, 0.4) is 0 Å². The zero-order valence-corrected chi connectivity index (χ0v) is 8.74. The molecule has 68 valence electrons. The third-order valence-corrected chi connectivity index (χ3v) is 2.85. The van der Waals surface area contributed by atoms with Gasteiger partial charge in [0.05, 0.1) is 0 Å². The molecule has 1 rings (SSSR count). The third kappa shape index (κ3) is 2.91. The highest BCUT2D eigenvalue weighted by molar-refractivity contribution is 7.09. The number of nitrogens with one attached hydrogen (secondary N) is 1. The van der Waals surface area contributed by atoms with E-state index < -0.39 is 0 Å². The number of rotatable bonds is 4. The second kappa shape index (κ2) is 4.58. The lowest BCUT2D eigenvalue weighted by Gasteiger charge is -2.08. The molecule has 1 unspecified atom stereocenters. The van der Waals surface area contributed by atoms with Crippen LogP contribution in [0, 0.1) is 6.92 Å². The minimum atomic E-state index is 0.592. The van der Waals surface area contributed by atoms with E-state index in [1.807, 2.05) is 6.92 Å². The van der Waals surface area contributed by atoms with Crippen molar-refractivity contribution in [2.75, 3.05) is 0 Å². The zero-order chi connectivity index (χ0) is 8.97. The van der Waals surface area contributed by atoms with Gasteiger partial charge in [-0.2, -0.15) is 0 Å². The van der Waals surface area contributed by atoms with Crippen molar-refractivity contribution in [3.8, 4) is 0 Å². The van der Waals surface area contributed by atoms with Gasteiger partial charge in [-0.1, -0.05) is 6.92 Å². The lowest BCUT2D eigenvalue weighted by atomic mass is 10.3. The molecule has 1 N–H and O–H groups in total. The number of aryl methyl sites for hydroxylation is 1. The molecular weight excluding hydrogens is 168 g/mol. The lowest BCUT2D eigenvalue weighted by molar-refractivity contribution is 0.533. The van der Waals surface area contributed by atoms with Gasteiger partial charge in [0.25, 0.3) is 0 Å². The van der Waals surface area contributed by atoms with Crippen LogP contribution in [0.15, 0.2) is 5.38 Å². The fraction of sp³-hybridized carbons (Fsp3) is 0.667. The van der Waals surface area contributed by atoms with Crippen LogP contribution in [-0.2, 0) is 6.54 Å². The molecule has 0 aliphatic carbocycles. The number of hydrogen-bond acceptors (Lipinski definition) is 3. The Bertz CT molecular complexity index is 232. The van der Waals surface area contributed by atoms with Gasteiger partial charge in [0.2, 0.25) is 0 Å². The number of hydrogen-bond donors (Lipinski definition) is 1. The number of thiazole rings is 1. The van der Waals surface area contributed by atoms with Gasteiger partial charge in [-0.3, -0.25) is 0 Å². The molecule has 3 heteroatoms. The maximum absolute atomic E-state index is 4.37. The van der Waals surface area contributed by atoms with Gasteiger partial charge in [0.1, 0.15) is 5.01 Å². The first-order valence-corrected chi connectivity index (χ1v) is 5.24. The van der Waals surface area contributed by atoms with Gasteiger partial charge in [-0.15, -0.1) is 11.3 Å². The molecule has 0 saturated heterocycles. The Labute approximate surface area is 78.0 Å².